The maximum atomic E-state index is 10.9. The third-order valence-corrected chi connectivity index (χ3v) is 2.39. The number of benzene rings is 1. The van der Waals surface area contributed by atoms with Gasteiger partial charge >= 0.3 is 11.9 Å². The highest BCUT2D eigenvalue weighted by Crippen LogP contribution is 2.06. The van der Waals surface area contributed by atoms with E-state index in [4.69, 9.17) is 10.2 Å². The van der Waals surface area contributed by atoms with E-state index in [-0.39, 0.29) is 11.4 Å². The molecule has 0 aliphatic rings. The van der Waals surface area contributed by atoms with Crippen molar-refractivity contribution in [1.29, 1.82) is 0 Å². The lowest BCUT2D eigenvalue weighted by molar-refractivity contribution is 0.0685. The zero-order chi connectivity index (χ0) is 14.5. The Kier molecular flexibility index (Phi) is 3.77. The fourth-order valence-corrected chi connectivity index (χ4v) is 1.49. The van der Waals surface area contributed by atoms with Gasteiger partial charge in [-0.15, -0.1) is 0 Å². The normalized spacial score (nSPS) is 9.40. The summed E-state index contributed by atoms with van der Waals surface area (Å²) in [6.45, 7) is 0. The fourth-order valence-electron chi connectivity index (χ4n) is 1.49. The summed E-state index contributed by atoms with van der Waals surface area (Å²) in [7, 11) is 0. The largest absolute Gasteiger partial charge is 0.477 e. The Hall–Kier alpha value is -3.13. The van der Waals surface area contributed by atoms with Crippen molar-refractivity contribution < 1.29 is 19.8 Å². The zero-order valence-electron chi connectivity index (χ0n) is 10.2. The maximum absolute atomic E-state index is 10.9. The molecule has 1 aromatic heterocycles. The molecule has 0 spiro atoms. The van der Waals surface area contributed by atoms with E-state index in [1.165, 1.54) is 12.1 Å². The van der Waals surface area contributed by atoms with E-state index in [0.29, 0.717) is 5.56 Å². The standard InChI is InChI=1S/C15H9NO4/c17-14(18)12-8-11(9-13(16-12)15(19)20)7-6-10-4-2-1-3-5-10/h1-5,8-9H,(H,17,18)(H,19,20). The molecule has 20 heavy (non-hydrogen) atoms. The molecule has 0 radical (unpaired) electrons. The molecule has 0 bridgehead atoms. The van der Waals surface area contributed by atoms with Crippen LogP contribution < -0.4 is 0 Å². The third kappa shape index (κ3) is 3.21. The zero-order valence-corrected chi connectivity index (χ0v) is 10.2. The van der Waals surface area contributed by atoms with Gasteiger partial charge in [0.15, 0.2) is 0 Å². The van der Waals surface area contributed by atoms with E-state index >= 15 is 0 Å². The highest BCUT2D eigenvalue weighted by Gasteiger charge is 2.12. The minimum absolute atomic E-state index is 0.290. The summed E-state index contributed by atoms with van der Waals surface area (Å²) in [4.78, 5) is 25.3. The minimum Gasteiger partial charge on any atom is -0.477 e. The predicted octanol–water partition coefficient (Wildman–Crippen LogP) is 1.88. The molecule has 2 aromatic rings. The van der Waals surface area contributed by atoms with Crippen molar-refractivity contribution in [2.75, 3.05) is 0 Å². The van der Waals surface area contributed by atoms with Crippen LogP contribution >= 0.6 is 0 Å². The molecule has 0 aliphatic carbocycles. The van der Waals surface area contributed by atoms with Gasteiger partial charge in [-0.25, -0.2) is 14.6 Å². The second-order valence-electron chi connectivity index (χ2n) is 3.85. The van der Waals surface area contributed by atoms with Gasteiger partial charge in [-0.1, -0.05) is 30.0 Å². The van der Waals surface area contributed by atoms with Crippen LogP contribution in [-0.4, -0.2) is 27.1 Å². The fraction of sp³-hybridized carbons (Fsp3) is 0. The molecule has 1 aromatic carbocycles. The molecule has 2 N–H and O–H groups in total. The lowest BCUT2D eigenvalue weighted by Crippen LogP contribution is -2.08. The number of aromatic nitrogens is 1. The van der Waals surface area contributed by atoms with Crippen LogP contribution in [0.4, 0.5) is 0 Å². The minimum atomic E-state index is -1.30. The molecule has 0 aliphatic heterocycles. The second kappa shape index (κ2) is 5.67. The monoisotopic (exact) mass is 267 g/mol. The van der Waals surface area contributed by atoms with Crippen LogP contribution in [0.1, 0.15) is 32.1 Å². The molecule has 0 amide bonds. The van der Waals surface area contributed by atoms with E-state index < -0.39 is 11.9 Å². The second-order valence-corrected chi connectivity index (χ2v) is 3.85. The van der Waals surface area contributed by atoms with Crippen LogP contribution in [0.2, 0.25) is 0 Å². The third-order valence-electron chi connectivity index (χ3n) is 2.39. The van der Waals surface area contributed by atoms with Crippen LogP contribution in [0.3, 0.4) is 0 Å². The molecule has 98 valence electrons. The van der Waals surface area contributed by atoms with E-state index in [1.807, 2.05) is 18.2 Å². The molecule has 0 saturated heterocycles. The number of aromatic carboxylic acids is 2. The number of hydrogen-bond donors (Lipinski definition) is 2. The first-order valence-corrected chi connectivity index (χ1v) is 5.62. The Balaban J connectivity index is 2.44. The topological polar surface area (TPSA) is 87.5 Å². The average Bonchev–Trinajstić information content (AvgIpc) is 2.45. The van der Waals surface area contributed by atoms with Crippen LogP contribution in [0.5, 0.6) is 0 Å². The Morgan fingerprint density at radius 1 is 0.850 bits per heavy atom. The van der Waals surface area contributed by atoms with Gasteiger partial charge < -0.3 is 10.2 Å². The van der Waals surface area contributed by atoms with Gasteiger partial charge in [-0.05, 0) is 24.3 Å². The van der Waals surface area contributed by atoms with E-state index in [2.05, 4.69) is 16.8 Å². The Labute approximate surface area is 114 Å². The predicted molar refractivity (Wildman–Crippen MR) is 70.6 cm³/mol. The van der Waals surface area contributed by atoms with Gasteiger partial charge in [-0.3, -0.25) is 0 Å². The molecular formula is C15H9NO4. The quantitative estimate of drug-likeness (QED) is 0.811. The van der Waals surface area contributed by atoms with Gasteiger partial charge in [0.25, 0.3) is 0 Å². The first-order valence-electron chi connectivity index (χ1n) is 5.62. The molecule has 0 saturated carbocycles. The molecule has 5 heteroatoms. The number of carboxylic acid groups (broad SMARTS) is 2. The number of pyridine rings is 1. The highest BCUT2D eigenvalue weighted by molar-refractivity contribution is 5.90. The number of rotatable bonds is 2. The Morgan fingerprint density at radius 3 is 1.85 bits per heavy atom. The van der Waals surface area contributed by atoms with Crippen LogP contribution in [0, 0.1) is 11.8 Å². The van der Waals surface area contributed by atoms with Crippen molar-refractivity contribution in [3.63, 3.8) is 0 Å². The number of carbonyl (C=O) groups is 2. The summed E-state index contributed by atoms with van der Waals surface area (Å²) in [5.41, 5.74) is 0.348. The molecule has 1 heterocycles. The first kappa shape index (κ1) is 13.3. The van der Waals surface area contributed by atoms with Gasteiger partial charge in [0.1, 0.15) is 11.4 Å². The molecule has 0 fully saturated rings. The van der Waals surface area contributed by atoms with Gasteiger partial charge in [0.05, 0.1) is 0 Å². The summed E-state index contributed by atoms with van der Waals surface area (Å²) >= 11 is 0. The first-order chi connectivity index (χ1) is 9.56. The van der Waals surface area contributed by atoms with E-state index in [1.54, 1.807) is 12.1 Å². The Morgan fingerprint density at radius 2 is 1.35 bits per heavy atom. The molecule has 0 unspecified atom stereocenters. The van der Waals surface area contributed by atoms with E-state index in [0.717, 1.165) is 5.56 Å². The SMILES string of the molecule is O=C(O)c1cc(C#Cc2ccccc2)cc(C(=O)O)n1. The summed E-state index contributed by atoms with van der Waals surface area (Å²) in [5.74, 6) is 2.97. The number of carboxylic acids is 2. The van der Waals surface area contributed by atoms with Crippen LogP contribution in [0.15, 0.2) is 42.5 Å². The van der Waals surface area contributed by atoms with Gasteiger partial charge in [0.2, 0.25) is 0 Å². The smallest absolute Gasteiger partial charge is 0.354 e. The van der Waals surface area contributed by atoms with Gasteiger partial charge in [0, 0.05) is 11.1 Å². The number of nitrogens with zero attached hydrogens (tertiary/aromatic N) is 1. The average molecular weight is 267 g/mol. The summed E-state index contributed by atoms with van der Waals surface area (Å²) in [6.07, 6.45) is 0. The van der Waals surface area contributed by atoms with Crippen molar-refractivity contribution in [3.05, 3.63) is 65.0 Å². The lowest BCUT2D eigenvalue weighted by Gasteiger charge is -1.99. The van der Waals surface area contributed by atoms with Crippen LogP contribution in [0.25, 0.3) is 0 Å². The van der Waals surface area contributed by atoms with Crippen molar-refractivity contribution in [2.24, 2.45) is 0 Å². The summed E-state index contributed by atoms with van der Waals surface area (Å²) < 4.78 is 0. The maximum Gasteiger partial charge on any atom is 0.354 e. The van der Waals surface area contributed by atoms with Crippen LogP contribution in [-0.2, 0) is 0 Å². The van der Waals surface area contributed by atoms with Crippen molar-refractivity contribution in [3.8, 4) is 11.8 Å². The van der Waals surface area contributed by atoms with E-state index in [9.17, 15) is 9.59 Å². The Bertz CT molecular complexity index is 694. The number of hydrogen-bond acceptors (Lipinski definition) is 3. The molecule has 0 atom stereocenters. The molecular weight excluding hydrogens is 258 g/mol. The summed E-state index contributed by atoms with van der Waals surface area (Å²) in [6, 6.07) is 11.6. The molecule has 2 rings (SSSR count). The highest BCUT2D eigenvalue weighted by atomic mass is 16.4. The van der Waals surface area contributed by atoms with Gasteiger partial charge in [-0.2, -0.15) is 0 Å². The van der Waals surface area contributed by atoms with Crippen molar-refractivity contribution >= 4 is 11.9 Å². The van der Waals surface area contributed by atoms with Crippen molar-refractivity contribution in [1.82, 2.24) is 4.98 Å². The molecule has 5 nitrogen and oxygen atoms in total. The lowest BCUT2D eigenvalue weighted by atomic mass is 10.1. The summed E-state index contributed by atoms with van der Waals surface area (Å²) in [5, 5.41) is 17.8. The van der Waals surface area contributed by atoms with Crippen molar-refractivity contribution in [2.45, 2.75) is 0 Å².